The molecule has 96 valence electrons. The second-order valence-corrected chi connectivity index (χ2v) is 6.70. The highest BCUT2D eigenvalue weighted by Crippen LogP contribution is 2.23. The van der Waals surface area contributed by atoms with E-state index in [1.165, 1.54) is 43.4 Å². The van der Waals surface area contributed by atoms with Crippen LogP contribution in [-0.4, -0.2) is 54.5 Å². The van der Waals surface area contributed by atoms with Crippen LogP contribution < -0.4 is 0 Å². The summed E-state index contributed by atoms with van der Waals surface area (Å²) >= 11 is 9.82. The zero-order valence-corrected chi connectivity index (χ0v) is 12.6. The predicted octanol–water partition coefficient (Wildman–Crippen LogP) is 2.88. The number of hydrogen-bond acceptors (Lipinski definition) is 4. The van der Waals surface area contributed by atoms with Gasteiger partial charge in [0.1, 0.15) is 0 Å². The van der Waals surface area contributed by atoms with Crippen LogP contribution in [0, 0.1) is 0 Å². The van der Waals surface area contributed by atoms with Crippen molar-refractivity contribution in [1.29, 1.82) is 0 Å². The lowest BCUT2D eigenvalue weighted by Crippen LogP contribution is -2.46. The van der Waals surface area contributed by atoms with Crippen LogP contribution in [0.1, 0.15) is 4.88 Å². The third kappa shape index (κ3) is 4.14. The van der Waals surface area contributed by atoms with Gasteiger partial charge in [-0.05, 0) is 17.7 Å². The van der Waals surface area contributed by atoms with Gasteiger partial charge >= 0.3 is 0 Å². The van der Waals surface area contributed by atoms with Crippen LogP contribution in [0.2, 0.25) is 5.02 Å². The summed E-state index contributed by atoms with van der Waals surface area (Å²) in [7, 11) is 0. The minimum absolute atomic E-state index is 0.930. The van der Waals surface area contributed by atoms with E-state index in [1.807, 2.05) is 17.8 Å². The first-order chi connectivity index (χ1) is 8.29. The number of thioether (sulfide) groups is 1. The van der Waals surface area contributed by atoms with E-state index in [-0.39, 0.29) is 0 Å². The van der Waals surface area contributed by atoms with Gasteiger partial charge in [-0.25, -0.2) is 0 Å². The quantitative estimate of drug-likeness (QED) is 0.823. The highest BCUT2D eigenvalue weighted by molar-refractivity contribution is 7.98. The molecule has 2 nitrogen and oxygen atoms in total. The number of nitrogens with zero attached hydrogens (tertiary/aromatic N) is 2. The van der Waals surface area contributed by atoms with E-state index < -0.39 is 0 Å². The second-order valence-electron chi connectivity index (χ2n) is 4.30. The Morgan fingerprint density at radius 3 is 2.59 bits per heavy atom. The molecule has 0 N–H and O–H groups in total. The van der Waals surface area contributed by atoms with Gasteiger partial charge in [0.05, 0.1) is 5.02 Å². The maximum atomic E-state index is 6.13. The molecule has 5 heteroatoms. The molecule has 1 aromatic heterocycles. The summed E-state index contributed by atoms with van der Waals surface area (Å²) in [6.07, 6.45) is 2.18. The summed E-state index contributed by atoms with van der Waals surface area (Å²) in [5, 5.41) is 3.01. The van der Waals surface area contributed by atoms with Crippen LogP contribution in [0.25, 0.3) is 0 Å². The third-order valence-electron chi connectivity index (χ3n) is 3.13. The van der Waals surface area contributed by atoms with Crippen molar-refractivity contribution in [3.05, 3.63) is 21.3 Å². The van der Waals surface area contributed by atoms with E-state index in [1.54, 1.807) is 11.3 Å². The topological polar surface area (TPSA) is 6.48 Å². The summed E-state index contributed by atoms with van der Waals surface area (Å²) < 4.78 is 0. The Morgan fingerprint density at radius 1 is 1.29 bits per heavy atom. The fourth-order valence-electron chi connectivity index (χ4n) is 2.03. The van der Waals surface area contributed by atoms with Crippen molar-refractivity contribution in [3.8, 4) is 0 Å². The Kier molecular flexibility index (Phi) is 5.63. The zero-order chi connectivity index (χ0) is 12.1. The van der Waals surface area contributed by atoms with E-state index in [9.17, 15) is 0 Å². The molecule has 17 heavy (non-hydrogen) atoms. The Hall–Kier alpha value is 0.260. The van der Waals surface area contributed by atoms with Gasteiger partial charge < -0.3 is 0 Å². The van der Waals surface area contributed by atoms with Gasteiger partial charge in [-0.3, -0.25) is 9.80 Å². The molecule has 2 heterocycles. The first-order valence-corrected chi connectivity index (χ1v) is 8.60. The fraction of sp³-hybridized carbons (Fsp3) is 0.667. The van der Waals surface area contributed by atoms with Crippen LogP contribution in [0.4, 0.5) is 0 Å². The zero-order valence-electron chi connectivity index (χ0n) is 10.2. The summed E-state index contributed by atoms with van der Waals surface area (Å²) in [5.41, 5.74) is 0. The average Bonchev–Trinajstić information content (AvgIpc) is 2.74. The van der Waals surface area contributed by atoms with Crippen molar-refractivity contribution in [1.82, 2.24) is 9.80 Å². The standard InChI is InChI=1S/C12H19ClN2S2/c1-16-9-7-14-3-5-15(6-4-14)10-12-11(13)2-8-17-12/h2,8H,3-7,9-10H2,1H3. The molecule has 1 saturated heterocycles. The number of rotatable bonds is 5. The normalized spacial score (nSPS) is 18.7. The van der Waals surface area contributed by atoms with Crippen molar-refractivity contribution in [3.63, 3.8) is 0 Å². The van der Waals surface area contributed by atoms with E-state index in [2.05, 4.69) is 21.4 Å². The summed E-state index contributed by atoms with van der Waals surface area (Å²) in [6.45, 7) is 6.99. The van der Waals surface area contributed by atoms with Gasteiger partial charge in [0.2, 0.25) is 0 Å². The number of thiophene rings is 1. The van der Waals surface area contributed by atoms with Gasteiger partial charge in [-0.1, -0.05) is 11.6 Å². The molecule has 0 radical (unpaired) electrons. The molecule has 1 fully saturated rings. The van der Waals surface area contributed by atoms with Gasteiger partial charge in [-0.15, -0.1) is 11.3 Å². The molecule has 1 aromatic rings. The van der Waals surface area contributed by atoms with Crippen molar-refractivity contribution in [2.75, 3.05) is 44.7 Å². The Morgan fingerprint density at radius 2 is 2.00 bits per heavy atom. The molecule has 0 unspecified atom stereocenters. The van der Waals surface area contributed by atoms with Crippen molar-refractivity contribution in [2.45, 2.75) is 6.54 Å². The smallest absolute Gasteiger partial charge is 0.0558 e. The molecule has 0 amide bonds. The van der Waals surface area contributed by atoms with Gasteiger partial charge in [0, 0.05) is 49.9 Å². The Labute approximate surface area is 117 Å². The third-order valence-corrected chi connectivity index (χ3v) is 5.10. The summed E-state index contributed by atoms with van der Waals surface area (Å²) in [4.78, 5) is 6.38. The number of hydrogen-bond donors (Lipinski definition) is 0. The van der Waals surface area contributed by atoms with Crippen LogP contribution in [0.15, 0.2) is 11.4 Å². The van der Waals surface area contributed by atoms with Crippen LogP contribution in [0.5, 0.6) is 0 Å². The second kappa shape index (κ2) is 7.00. The lowest BCUT2D eigenvalue weighted by molar-refractivity contribution is 0.133. The largest absolute Gasteiger partial charge is 0.300 e. The van der Waals surface area contributed by atoms with Crippen molar-refractivity contribution >= 4 is 34.7 Å². The van der Waals surface area contributed by atoms with Crippen molar-refractivity contribution < 1.29 is 0 Å². The van der Waals surface area contributed by atoms with Crippen molar-refractivity contribution in [2.24, 2.45) is 0 Å². The fourth-order valence-corrected chi connectivity index (χ4v) is 3.61. The molecule has 2 rings (SSSR count). The molecule has 0 aromatic carbocycles. The van der Waals surface area contributed by atoms with E-state index in [0.29, 0.717) is 0 Å². The van der Waals surface area contributed by atoms with E-state index >= 15 is 0 Å². The predicted molar refractivity (Wildman–Crippen MR) is 79.4 cm³/mol. The summed E-state index contributed by atoms with van der Waals surface area (Å²) in [6, 6.07) is 2.00. The van der Waals surface area contributed by atoms with E-state index in [4.69, 9.17) is 11.6 Å². The highest BCUT2D eigenvalue weighted by atomic mass is 35.5. The lowest BCUT2D eigenvalue weighted by Gasteiger charge is -2.34. The van der Waals surface area contributed by atoms with Crippen LogP contribution in [-0.2, 0) is 6.54 Å². The maximum Gasteiger partial charge on any atom is 0.0558 e. The molecular weight excluding hydrogens is 272 g/mol. The lowest BCUT2D eigenvalue weighted by atomic mass is 10.3. The monoisotopic (exact) mass is 290 g/mol. The highest BCUT2D eigenvalue weighted by Gasteiger charge is 2.17. The molecule has 0 bridgehead atoms. The first kappa shape index (κ1) is 13.7. The molecule has 1 aliphatic rings. The minimum atomic E-state index is 0.930. The molecule has 0 saturated carbocycles. The van der Waals surface area contributed by atoms with Gasteiger partial charge in [0.25, 0.3) is 0 Å². The number of piperazine rings is 1. The average molecular weight is 291 g/mol. The van der Waals surface area contributed by atoms with E-state index in [0.717, 1.165) is 11.6 Å². The number of halogens is 1. The summed E-state index contributed by atoms with van der Waals surface area (Å²) in [5.74, 6) is 1.25. The Bertz CT molecular complexity index is 335. The Balaban J connectivity index is 1.74. The molecule has 0 aliphatic carbocycles. The van der Waals surface area contributed by atoms with Gasteiger partial charge in [-0.2, -0.15) is 11.8 Å². The molecule has 0 atom stereocenters. The maximum absolute atomic E-state index is 6.13. The minimum Gasteiger partial charge on any atom is -0.300 e. The first-order valence-electron chi connectivity index (χ1n) is 5.95. The SMILES string of the molecule is CSCCN1CCN(Cc2sccc2Cl)CC1. The molecule has 1 aliphatic heterocycles. The molecular formula is C12H19ClN2S2. The van der Waals surface area contributed by atoms with Gasteiger partial charge in [0.15, 0.2) is 0 Å². The van der Waals surface area contributed by atoms with Crippen LogP contribution in [0.3, 0.4) is 0 Å². The molecule has 0 spiro atoms. The van der Waals surface area contributed by atoms with Crippen LogP contribution >= 0.6 is 34.7 Å².